The third-order valence-corrected chi connectivity index (χ3v) is 5.44. The number of piperidine rings is 1. The number of carbonyl (C=O) groups excluding carboxylic acids is 2. The molecule has 2 saturated heterocycles. The minimum Gasteiger partial charge on any atom is -0.350 e. The molecule has 0 saturated carbocycles. The first-order chi connectivity index (χ1) is 12.7. The Labute approximate surface area is 156 Å². The van der Waals surface area contributed by atoms with Crippen molar-refractivity contribution in [3.63, 3.8) is 0 Å². The SMILES string of the molecule is O=C(CN1CCCCCC1=O)NCc1ccccc1CN1CCCCC1. The van der Waals surface area contributed by atoms with E-state index in [0.29, 0.717) is 19.5 Å². The van der Waals surface area contributed by atoms with Gasteiger partial charge in [0.2, 0.25) is 11.8 Å². The van der Waals surface area contributed by atoms with E-state index in [1.165, 1.54) is 30.4 Å². The zero-order valence-corrected chi connectivity index (χ0v) is 15.7. The van der Waals surface area contributed by atoms with E-state index in [4.69, 9.17) is 0 Å². The number of hydrogen-bond acceptors (Lipinski definition) is 3. The van der Waals surface area contributed by atoms with Gasteiger partial charge in [0.1, 0.15) is 0 Å². The van der Waals surface area contributed by atoms with Gasteiger partial charge in [-0.1, -0.05) is 37.1 Å². The molecule has 0 atom stereocenters. The van der Waals surface area contributed by atoms with Crippen LogP contribution in [-0.4, -0.2) is 47.8 Å². The summed E-state index contributed by atoms with van der Waals surface area (Å²) < 4.78 is 0. The van der Waals surface area contributed by atoms with Crippen molar-refractivity contribution in [1.82, 2.24) is 15.1 Å². The Morgan fingerprint density at radius 2 is 1.62 bits per heavy atom. The summed E-state index contributed by atoms with van der Waals surface area (Å²) in [4.78, 5) is 28.6. The number of carbonyl (C=O) groups is 2. The maximum Gasteiger partial charge on any atom is 0.239 e. The Morgan fingerprint density at radius 1 is 0.923 bits per heavy atom. The predicted octanol–water partition coefficient (Wildman–Crippen LogP) is 2.69. The van der Waals surface area contributed by atoms with Crippen LogP contribution in [0.25, 0.3) is 0 Å². The molecule has 0 radical (unpaired) electrons. The molecular formula is C21H31N3O2. The Bertz CT molecular complexity index is 611. The zero-order valence-electron chi connectivity index (χ0n) is 15.7. The molecule has 0 bridgehead atoms. The highest BCUT2D eigenvalue weighted by Crippen LogP contribution is 2.16. The summed E-state index contributed by atoms with van der Waals surface area (Å²) in [5.74, 6) is 0.0520. The maximum absolute atomic E-state index is 12.3. The molecule has 26 heavy (non-hydrogen) atoms. The molecule has 1 N–H and O–H groups in total. The molecule has 5 heteroatoms. The molecule has 2 amide bonds. The molecular weight excluding hydrogens is 326 g/mol. The molecule has 0 aromatic heterocycles. The van der Waals surface area contributed by atoms with E-state index < -0.39 is 0 Å². The Morgan fingerprint density at radius 3 is 2.42 bits per heavy atom. The van der Waals surface area contributed by atoms with Gasteiger partial charge in [-0.05, 0) is 49.9 Å². The van der Waals surface area contributed by atoms with Gasteiger partial charge < -0.3 is 10.2 Å². The van der Waals surface area contributed by atoms with Gasteiger partial charge in [-0.2, -0.15) is 0 Å². The standard InChI is InChI=1S/C21H31N3O2/c25-20(17-24-14-8-1-3-11-21(24)26)22-15-18-9-4-5-10-19(18)16-23-12-6-2-7-13-23/h4-5,9-10H,1-3,6-8,11-17H2,(H,22,25). The Balaban J connectivity index is 1.52. The van der Waals surface area contributed by atoms with Crippen LogP contribution in [0.1, 0.15) is 56.1 Å². The van der Waals surface area contributed by atoms with Crippen molar-refractivity contribution in [3.05, 3.63) is 35.4 Å². The van der Waals surface area contributed by atoms with Crippen LogP contribution in [-0.2, 0) is 22.7 Å². The van der Waals surface area contributed by atoms with Crippen LogP contribution in [0.2, 0.25) is 0 Å². The largest absolute Gasteiger partial charge is 0.350 e. The molecule has 2 fully saturated rings. The second-order valence-corrected chi connectivity index (χ2v) is 7.51. The minimum absolute atomic E-state index is 0.0620. The first kappa shape index (κ1) is 18.9. The van der Waals surface area contributed by atoms with E-state index in [-0.39, 0.29) is 18.4 Å². The van der Waals surface area contributed by atoms with E-state index >= 15 is 0 Å². The van der Waals surface area contributed by atoms with Crippen LogP contribution in [0.15, 0.2) is 24.3 Å². The van der Waals surface area contributed by atoms with Gasteiger partial charge in [0.15, 0.2) is 0 Å². The first-order valence-corrected chi connectivity index (χ1v) is 10.1. The highest BCUT2D eigenvalue weighted by Gasteiger charge is 2.19. The van der Waals surface area contributed by atoms with E-state index in [1.54, 1.807) is 4.90 Å². The molecule has 2 aliphatic rings. The Hall–Kier alpha value is -1.88. The fourth-order valence-electron chi connectivity index (χ4n) is 3.87. The van der Waals surface area contributed by atoms with Crippen LogP contribution in [0.4, 0.5) is 0 Å². The summed E-state index contributed by atoms with van der Waals surface area (Å²) >= 11 is 0. The number of amides is 2. The van der Waals surface area contributed by atoms with Crippen LogP contribution in [0.5, 0.6) is 0 Å². The highest BCUT2D eigenvalue weighted by molar-refractivity contribution is 5.84. The number of nitrogens with one attached hydrogen (secondary N) is 1. The second kappa shape index (κ2) is 9.72. The van der Waals surface area contributed by atoms with Gasteiger partial charge in [-0.15, -0.1) is 0 Å². The van der Waals surface area contributed by atoms with Gasteiger partial charge in [0.25, 0.3) is 0 Å². The molecule has 0 aliphatic carbocycles. The fraction of sp³-hybridized carbons (Fsp3) is 0.619. The van der Waals surface area contributed by atoms with Crippen molar-refractivity contribution in [2.75, 3.05) is 26.2 Å². The molecule has 2 heterocycles. The first-order valence-electron chi connectivity index (χ1n) is 10.1. The van der Waals surface area contributed by atoms with Crippen molar-refractivity contribution < 1.29 is 9.59 Å². The van der Waals surface area contributed by atoms with E-state index in [2.05, 4.69) is 28.4 Å². The lowest BCUT2D eigenvalue weighted by molar-refractivity contribution is -0.135. The molecule has 142 valence electrons. The van der Waals surface area contributed by atoms with Crippen LogP contribution < -0.4 is 5.32 Å². The van der Waals surface area contributed by atoms with Gasteiger partial charge in [-0.25, -0.2) is 0 Å². The molecule has 3 rings (SSSR count). The highest BCUT2D eigenvalue weighted by atomic mass is 16.2. The van der Waals surface area contributed by atoms with Crippen molar-refractivity contribution in [1.29, 1.82) is 0 Å². The maximum atomic E-state index is 12.3. The van der Waals surface area contributed by atoms with E-state index in [0.717, 1.165) is 38.9 Å². The molecule has 1 aromatic rings. The van der Waals surface area contributed by atoms with E-state index in [9.17, 15) is 9.59 Å². The number of benzene rings is 1. The normalized spacial score (nSPS) is 19.2. The van der Waals surface area contributed by atoms with Crippen LogP contribution >= 0.6 is 0 Å². The monoisotopic (exact) mass is 357 g/mol. The summed E-state index contributed by atoms with van der Waals surface area (Å²) in [5, 5.41) is 3.01. The van der Waals surface area contributed by atoms with Crippen LogP contribution in [0.3, 0.4) is 0 Å². The minimum atomic E-state index is -0.0620. The lowest BCUT2D eigenvalue weighted by Crippen LogP contribution is -2.40. The van der Waals surface area contributed by atoms with Gasteiger partial charge in [-0.3, -0.25) is 14.5 Å². The topological polar surface area (TPSA) is 52.7 Å². The molecule has 0 unspecified atom stereocenters. The lowest BCUT2D eigenvalue weighted by Gasteiger charge is -2.27. The predicted molar refractivity (Wildman–Crippen MR) is 102 cm³/mol. The Kier molecular flexibility index (Phi) is 7.06. The average Bonchev–Trinajstić information content (AvgIpc) is 2.86. The quantitative estimate of drug-likeness (QED) is 0.852. The van der Waals surface area contributed by atoms with Gasteiger partial charge in [0.05, 0.1) is 6.54 Å². The molecule has 0 spiro atoms. The average molecular weight is 357 g/mol. The van der Waals surface area contributed by atoms with Gasteiger partial charge >= 0.3 is 0 Å². The molecule has 5 nitrogen and oxygen atoms in total. The number of likely N-dealkylation sites (tertiary alicyclic amines) is 2. The summed E-state index contributed by atoms with van der Waals surface area (Å²) in [5.41, 5.74) is 2.47. The summed E-state index contributed by atoms with van der Waals surface area (Å²) in [7, 11) is 0. The van der Waals surface area contributed by atoms with Crippen LogP contribution in [0, 0.1) is 0 Å². The number of rotatable bonds is 6. The summed E-state index contributed by atoms with van der Waals surface area (Å²) in [6.07, 6.45) is 7.49. The smallest absolute Gasteiger partial charge is 0.239 e. The van der Waals surface area contributed by atoms with Crippen molar-refractivity contribution in [2.45, 2.75) is 58.0 Å². The summed E-state index contributed by atoms with van der Waals surface area (Å²) in [6, 6.07) is 8.35. The lowest BCUT2D eigenvalue weighted by atomic mass is 10.0. The van der Waals surface area contributed by atoms with Crippen molar-refractivity contribution >= 4 is 11.8 Å². The number of hydrogen-bond donors (Lipinski definition) is 1. The fourth-order valence-corrected chi connectivity index (χ4v) is 3.87. The van der Waals surface area contributed by atoms with E-state index in [1.807, 2.05) is 6.07 Å². The summed E-state index contributed by atoms with van der Waals surface area (Å²) in [6.45, 7) is 4.71. The number of nitrogens with zero attached hydrogens (tertiary/aromatic N) is 2. The molecule has 1 aromatic carbocycles. The van der Waals surface area contributed by atoms with Crippen molar-refractivity contribution in [3.8, 4) is 0 Å². The second-order valence-electron chi connectivity index (χ2n) is 7.51. The third-order valence-electron chi connectivity index (χ3n) is 5.44. The van der Waals surface area contributed by atoms with Crippen molar-refractivity contribution in [2.24, 2.45) is 0 Å². The molecule has 2 aliphatic heterocycles. The third kappa shape index (κ3) is 5.56. The zero-order chi connectivity index (χ0) is 18.2. The van der Waals surface area contributed by atoms with Gasteiger partial charge in [0, 0.05) is 26.1 Å².